The molecule has 4 unspecified atom stereocenters. The first kappa shape index (κ1) is 29.0. The number of thiophene rings is 1. The molecule has 2 aliphatic heterocycles. The molecule has 2 aliphatic rings. The van der Waals surface area contributed by atoms with Gasteiger partial charge in [-0.05, 0) is 66.7 Å². The van der Waals surface area contributed by atoms with E-state index in [4.69, 9.17) is 0 Å². The smallest absolute Gasteiger partial charge is 0.252 e. The normalized spacial score (nSPS) is 20.3. The van der Waals surface area contributed by atoms with Crippen LogP contribution in [0.25, 0.3) is 10.4 Å². The molecule has 210 valence electrons. The van der Waals surface area contributed by atoms with Gasteiger partial charge in [-0.15, -0.1) is 11.3 Å². The van der Waals surface area contributed by atoms with E-state index in [1.165, 1.54) is 4.90 Å². The highest BCUT2D eigenvalue weighted by Crippen LogP contribution is 2.32. The largest absolute Gasteiger partial charge is 0.383 e. The maximum atomic E-state index is 13.1. The first-order chi connectivity index (χ1) is 18.7. The summed E-state index contributed by atoms with van der Waals surface area (Å²) in [6.45, 7) is 6.86. The second-order valence-corrected chi connectivity index (χ2v) is 12.2. The number of Topliss-reactive ketones (excluding diaryl/α,β-unsaturated/α-hetero) is 1. The Bertz CT molecular complexity index is 1160. The van der Waals surface area contributed by atoms with E-state index in [0.717, 1.165) is 16.9 Å². The topological polar surface area (TPSA) is 107 Å². The number of carbonyl (C=O) groups is 4. The molecule has 9 heteroatoms. The SMILES string of the molecule is CC(C)CCC(O)C(=O)N1CC(=O)C2C1CCN2C(=O)CC(C)CCNC(=O)c1ccc(-c2cccs2)cc1. The number of benzene rings is 1. The molecule has 2 saturated heterocycles. The minimum absolute atomic E-state index is 0.0187. The highest BCUT2D eigenvalue weighted by atomic mass is 32.1. The van der Waals surface area contributed by atoms with Gasteiger partial charge in [0.2, 0.25) is 5.91 Å². The number of aliphatic hydroxyl groups excluding tert-OH is 1. The van der Waals surface area contributed by atoms with E-state index >= 15 is 0 Å². The summed E-state index contributed by atoms with van der Waals surface area (Å²) in [5.74, 6) is -0.404. The maximum absolute atomic E-state index is 13.1. The van der Waals surface area contributed by atoms with E-state index < -0.39 is 18.1 Å². The van der Waals surface area contributed by atoms with Gasteiger partial charge in [0.15, 0.2) is 5.78 Å². The summed E-state index contributed by atoms with van der Waals surface area (Å²) in [6.07, 6.45) is 1.43. The molecule has 8 nitrogen and oxygen atoms in total. The number of hydrogen-bond donors (Lipinski definition) is 2. The number of nitrogens with one attached hydrogen (secondary N) is 1. The lowest BCUT2D eigenvalue weighted by Gasteiger charge is -2.26. The van der Waals surface area contributed by atoms with E-state index in [1.54, 1.807) is 16.2 Å². The zero-order valence-corrected chi connectivity index (χ0v) is 23.8. The quantitative estimate of drug-likeness (QED) is 0.441. The Kier molecular flexibility index (Phi) is 9.56. The third-order valence-electron chi connectivity index (χ3n) is 7.73. The number of fused-ring (bicyclic) bond motifs is 1. The molecule has 0 saturated carbocycles. The van der Waals surface area contributed by atoms with Crippen LogP contribution < -0.4 is 5.32 Å². The third kappa shape index (κ3) is 6.94. The Morgan fingerprint density at radius 2 is 1.79 bits per heavy atom. The predicted molar refractivity (Wildman–Crippen MR) is 151 cm³/mol. The Labute approximate surface area is 234 Å². The van der Waals surface area contributed by atoms with Crippen molar-refractivity contribution in [1.29, 1.82) is 0 Å². The van der Waals surface area contributed by atoms with Crippen LogP contribution in [-0.2, 0) is 14.4 Å². The fourth-order valence-electron chi connectivity index (χ4n) is 5.48. The number of carbonyl (C=O) groups excluding carboxylic acids is 4. The monoisotopic (exact) mass is 553 g/mol. The molecule has 39 heavy (non-hydrogen) atoms. The van der Waals surface area contributed by atoms with Gasteiger partial charge >= 0.3 is 0 Å². The van der Waals surface area contributed by atoms with Gasteiger partial charge in [0.25, 0.3) is 11.8 Å². The Morgan fingerprint density at radius 1 is 1.05 bits per heavy atom. The number of likely N-dealkylation sites (tertiary alicyclic amines) is 2. The molecule has 1 aromatic heterocycles. The van der Waals surface area contributed by atoms with Crippen molar-refractivity contribution in [3.05, 3.63) is 47.3 Å². The van der Waals surface area contributed by atoms with Crippen LogP contribution in [0.2, 0.25) is 0 Å². The number of amides is 3. The maximum Gasteiger partial charge on any atom is 0.252 e. The van der Waals surface area contributed by atoms with Crippen molar-refractivity contribution in [1.82, 2.24) is 15.1 Å². The standard InChI is InChI=1S/C30H39N3O5S/c1-19(2)6-11-24(34)30(38)33-18-25(35)28-23(33)13-15-32(28)27(36)17-20(3)12-14-31-29(37)22-9-7-21(8-10-22)26-5-4-16-39-26/h4-5,7-10,16,19-20,23-24,28,34H,6,11-15,17-18H2,1-3H3,(H,31,37). The van der Waals surface area contributed by atoms with Crippen molar-refractivity contribution < 1.29 is 24.3 Å². The fraction of sp³-hybridized carbons (Fsp3) is 0.533. The van der Waals surface area contributed by atoms with Crippen molar-refractivity contribution in [3.63, 3.8) is 0 Å². The lowest BCUT2D eigenvalue weighted by atomic mass is 10.0. The average molecular weight is 554 g/mol. The van der Waals surface area contributed by atoms with Crippen molar-refractivity contribution in [2.45, 2.75) is 71.1 Å². The molecule has 0 spiro atoms. The van der Waals surface area contributed by atoms with Gasteiger partial charge < -0.3 is 20.2 Å². The van der Waals surface area contributed by atoms with Gasteiger partial charge in [0.05, 0.1) is 12.6 Å². The summed E-state index contributed by atoms with van der Waals surface area (Å²) in [6, 6.07) is 10.6. The van der Waals surface area contributed by atoms with Crippen LogP contribution in [0.3, 0.4) is 0 Å². The highest BCUT2D eigenvalue weighted by molar-refractivity contribution is 7.13. The molecule has 2 fully saturated rings. The molecule has 0 bridgehead atoms. The van der Waals surface area contributed by atoms with Gasteiger partial charge in [-0.1, -0.05) is 39.0 Å². The number of hydrogen-bond acceptors (Lipinski definition) is 6. The minimum atomic E-state index is -1.11. The van der Waals surface area contributed by atoms with E-state index in [1.807, 2.05) is 62.5 Å². The van der Waals surface area contributed by atoms with Gasteiger partial charge in [-0.3, -0.25) is 19.2 Å². The van der Waals surface area contributed by atoms with Crippen LogP contribution in [0, 0.1) is 11.8 Å². The van der Waals surface area contributed by atoms with Crippen LogP contribution in [-0.4, -0.2) is 76.2 Å². The summed E-state index contributed by atoms with van der Waals surface area (Å²) in [4.78, 5) is 55.6. The molecule has 3 heterocycles. The zero-order chi connectivity index (χ0) is 28.1. The summed E-state index contributed by atoms with van der Waals surface area (Å²) >= 11 is 1.65. The molecule has 4 rings (SSSR count). The summed E-state index contributed by atoms with van der Waals surface area (Å²) in [5.41, 5.74) is 1.67. The second-order valence-electron chi connectivity index (χ2n) is 11.2. The Hall–Kier alpha value is -3.04. The number of rotatable bonds is 11. The van der Waals surface area contributed by atoms with Crippen molar-refractivity contribution >= 4 is 34.8 Å². The van der Waals surface area contributed by atoms with Crippen LogP contribution in [0.1, 0.15) is 63.2 Å². The number of ketones is 1. The molecule has 2 aromatic rings. The Balaban J connectivity index is 1.23. The molecule has 4 atom stereocenters. The third-order valence-corrected chi connectivity index (χ3v) is 8.65. The van der Waals surface area contributed by atoms with Gasteiger partial charge in [-0.2, -0.15) is 0 Å². The molecule has 0 radical (unpaired) electrons. The van der Waals surface area contributed by atoms with E-state index in [9.17, 15) is 24.3 Å². The van der Waals surface area contributed by atoms with Crippen molar-refractivity contribution in [2.75, 3.05) is 19.6 Å². The summed E-state index contributed by atoms with van der Waals surface area (Å²) in [5, 5.41) is 15.3. The van der Waals surface area contributed by atoms with Crippen molar-refractivity contribution in [2.24, 2.45) is 11.8 Å². The van der Waals surface area contributed by atoms with Gasteiger partial charge in [-0.25, -0.2) is 0 Å². The molecule has 2 N–H and O–H groups in total. The molecular weight excluding hydrogens is 514 g/mol. The molecular formula is C30H39N3O5S. The first-order valence-electron chi connectivity index (χ1n) is 13.9. The van der Waals surface area contributed by atoms with Crippen molar-refractivity contribution in [3.8, 4) is 10.4 Å². The van der Waals surface area contributed by atoms with Gasteiger partial charge in [0.1, 0.15) is 12.1 Å². The van der Waals surface area contributed by atoms with Gasteiger partial charge in [0, 0.05) is 30.0 Å². The minimum Gasteiger partial charge on any atom is -0.383 e. The lowest BCUT2D eigenvalue weighted by molar-refractivity contribution is -0.142. The van der Waals surface area contributed by atoms with E-state index in [2.05, 4.69) is 5.32 Å². The second kappa shape index (κ2) is 12.9. The average Bonchev–Trinajstić information content (AvgIpc) is 3.66. The van der Waals surface area contributed by atoms with Crippen LogP contribution in [0.4, 0.5) is 0 Å². The predicted octanol–water partition coefficient (Wildman–Crippen LogP) is 3.74. The fourth-order valence-corrected chi connectivity index (χ4v) is 6.21. The van der Waals surface area contributed by atoms with Crippen LogP contribution in [0.5, 0.6) is 0 Å². The first-order valence-corrected chi connectivity index (χ1v) is 14.8. The Morgan fingerprint density at radius 3 is 2.46 bits per heavy atom. The van der Waals surface area contributed by atoms with E-state index in [-0.39, 0.29) is 42.5 Å². The lowest BCUT2D eigenvalue weighted by Crippen LogP contribution is -2.45. The van der Waals surface area contributed by atoms with Crippen LogP contribution in [0.15, 0.2) is 41.8 Å². The summed E-state index contributed by atoms with van der Waals surface area (Å²) in [7, 11) is 0. The highest BCUT2D eigenvalue weighted by Gasteiger charge is 2.51. The van der Waals surface area contributed by atoms with E-state index in [0.29, 0.717) is 43.8 Å². The molecule has 1 aromatic carbocycles. The number of nitrogens with zero attached hydrogens (tertiary/aromatic N) is 2. The number of aliphatic hydroxyl groups is 1. The molecule has 0 aliphatic carbocycles. The summed E-state index contributed by atoms with van der Waals surface area (Å²) < 4.78 is 0. The zero-order valence-electron chi connectivity index (χ0n) is 23.0. The van der Waals surface area contributed by atoms with Crippen LogP contribution >= 0.6 is 11.3 Å². The molecule has 3 amide bonds.